The fourth-order valence-electron chi connectivity index (χ4n) is 6.40. The predicted molar refractivity (Wildman–Crippen MR) is 96.3 cm³/mol. The molecular weight excluding hydrogens is 312 g/mol. The minimum absolute atomic E-state index is 0.109. The number of methoxy groups -OCH3 is 2. The van der Waals surface area contributed by atoms with E-state index in [4.69, 9.17) is 9.47 Å². The van der Waals surface area contributed by atoms with E-state index < -0.39 is 0 Å². The lowest BCUT2D eigenvalue weighted by Gasteiger charge is -2.62. The number of hydrogen-bond acceptors (Lipinski definition) is 3. The number of hydrogen-bond donors (Lipinski definition) is 0. The molecule has 25 heavy (non-hydrogen) atoms. The summed E-state index contributed by atoms with van der Waals surface area (Å²) in [5.74, 6) is 4.08. The highest BCUT2D eigenvalue weighted by Gasteiger charge is 2.60. The Balaban J connectivity index is 1.61. The number of fused-ring (bicyclic) bond motifs is 3. The SMILES string of the molecule is COc1ccc2c(c1OC)[C@@H]1CC=C3[C@H](C[C@H]4C[C@@H]3C4(C)C)[C@@H]1C2=O. The summed E-state index contributed by atoms with van der Waals surface area (Å²) in [6.45, 7) is 4.82. The fraction of sp³-hybridized carbons (Fsp3) is 0.591. The Morgan fingerprint density at radius 2 is 1.88 bits per heavy atom. The third-order valence-electron chi connectivity index (χ3n) is 7.84. The van der Waals surface area contributed by atoms with Gasteiger partial charge in [0.05, 0.1) is 14.2 Å². The van der Waals surface area contributed by atoms with Crippen LogP contribution in [0.3, 0.4) is 0 Å². The summed E-state index contributed by atoms with van der Waals surface area (Å²) in [6, 6.07) is 3.83. The Bertz CT molecular complexity index is 804. The van der Waals surface area contributed by atoms with Gasteiger partial charge in [-0.2, -0.15) is 0 Å². The molecule has 5 aliphatic rings. The van der Waals surface area contributed by atoms with Crippen molar-refractivity contribution in [1.29, 1.82) is 0 Å². The van der Waals surface area contributed by atoms with E-state index in [0.717, 1.165) is 35.0 Å². The molecule has 3 saturated carbocycles. The van der Waals surface area contributed by atoms with Gasteiger partial charge in [0, 0.05) is 23.0 Å². The van der Waals surface area contributed by atoms with Crippen LogP contribution in [0.1, 0.15) is 54.9 Å². The van der Waals surface area contributed by atoms with Crippen molar-refractivity contribution in [2.75, 3.05) is 14.2 Å². The van der Waals surface area contributed by atoms with E-state index in [1.165, 1.54) is 12.8 Å². The Kier molecular flexibility index (Phi) is 3.03. The topological polar surface area (TPSA) is 35.5 Å². The fourth-order valence-corrected chi connectivity index (χ4v) is 6.40. The number of rotatable bonds is 2. The molecule has 1 aromatic rings. The maximum absolute atomic E-state index is 13.3. The second-order valence-corrected chi connectivity index (χ2v) is 8.85. The van der Waals surface area contributed by atoms with Gasteiger partial charge in [-0.25, -0.2) is 0 Å². The van der Waals surface area contributed by atoms with Crippen molar-refractivity contribution in [1.82, 2.24) is 0 Å². The van der Waals surface area contributed by atoms with Crippen LogP contribution in [0.15, 0.2) is 23.8 Å². The first-order chi connectivity index (χ1) is 12.0. The monoisotopic (exact) mass is 338 g/mol. The van der Waals surface area contributed by atoms with E-state index in [1.807, 2.05) is 12.1 Å². The van der Waals surface area contributed by atoms with Crippen LogP contribution in [0.5, 0.6) is 11.5 Å². The van der Waals surface area contributed by atoms with Crippen LogP contribution in [0, 0.1) is 29.1 Å². The molecule has 5 atom stereocenters. The van der Waals surface area contributed by atoms with Crippen LogP contribution in [-0.2, 0) is 0 Å². The number of benzene rings is 1. The van der Waals surface area contributed by atoms with Gasteiger partial charge in [-0.15, -0.1) is 0 Å². The minimum Gasteiger partial charge on any atom is -0.493 e. The Labute approximate surface area is 149 Å². The molecule has 5 aliphatic carbocycles. The van der Waals surface area contributed by atoms with Crippen LogP contribution in [-0.4, -0.2) is 20.0 Å². The number of ketones is 1. The van der Waals surface area contributed by atoms with E-state index in [-0.39, 0.29) is 11.8 Å². The molecule has 132 valence electrons. The van der Waals surface area contributed by atoms with E-state index in [1.54, 1.807) is 19.8 Å². The standard InChI is InChI=1S/C22H26O3/c1-22(2)11-9-15-12(16(22)10-11)5-6-13-18(15)20(23)14-7-8-17(24-3)21(25-4)19(13)14/h5,7-8,11,13,15-16,18H,6,9-10H2,1-4H3/t11-,13+,15-,16-,18+/m0/s1. The van der Waals surface area contributed by atoms with Gasteiger partial charge in [0.25, 0.3) is 0 Å². The molecule has 0 spiro atoms. The maximum Gasteiger partial charge on any atom is 0.167 e. The largest absolute Gasteiger partial charge is 0.493 e. The summed E-state index contributed by atoms with van der Waals surface area (Å²) in [4.78, 5) is 13.3. The van der Waals surface area contributed by atoms with Crippen LogP contribution in [0.4, 0.5) is 0 Å². The van der Waals surface area contributed by atoms with Crippen molar-refractivity contribution in [2.45, 2.75) is 39.0 Å². The molecular formula is C22H26O3. The molecule has 3 fully saturated rings. The molecule has 0 N–H and O–H groups in total. The second kappa shape index (κ2) is 4.90. The smallest absolute Gasteiger partial charge is 0.167 e. The zero-order chi connectivity index (χ0) is 17.5. The molecule has 3 heteroatoms. The van der Waals surface area contributed by atoms with Gasteiger partial charge in [0.15, 0.2) is 17.3 Å². The highest BCUT2D eigenvalue weighted by atomic mass is 16.5. The average molecular weight is 338 g/mol. The van der Waals surface area contributed by atoms with E-state index in [9.17, 15) is 4.79 Å². The molecule has 0 heterocycles. The molecule has 6 rings (SSSR count). The molecule has 0 radical (unpaired) electrons. The van der Waals surface area contributed by atoms with Gasteiger partial charge in [0.2, 0.25) is 0 Å². The zero-order valence-corrected chi connectivity index (χ0v) is 15.5. The lowest BCUT2D eigenvalue weighted by atomic mass is 9.42. The predicted octanol–water partition coefficient (Wildman–Crippen LogP) is 4.61. The van der Waals surface area contributed by atoms with Crippen molar-refractivity contribution in [3.63, 3.8) is 0 Å². The lowest BCUT2D eigenvalue weighted by molar-refractivity contribution is -0.0586. The van der Waals surface area contributed by atoms with Crippen LogP contribution in [0.25, 0.3) is 0 Å². The third-order valence-corrected chi connectivity index (χ3v) is 7.84. The van der Waals surface area contributed by atoms with Gasteiger partial charge in [-0.3, -0.25) is 4.79 Å². The van der Waals surface area contributed by atoms with Gasteiger partial charge in [-0.1, -0.05) is 25.5 Å². The summed E-state index contributed by atoms with van der Waals surface area (Å²) >= 11 is 0. The van der Waals surface area contributed by atoms with Gasteiger partial charge >= 0.3 is 0 Å². The second-order valence-electron chi connectivity index (χ2n) is 8.85. The summed E-state index contributed by atoms with van der Waals surface area (Å²) in [7, 11) is 3.34. The first-order valence-corrected chi connectivity index (χ1v) is 9.48. The quantitative estimate of drug-likeness (QED) is 0.739. The van der Waals surface area contributed by atoms with Crippen LogP contribution >= 0.6 is 0 Å². The van der Waals surface area contributed by atoms with Crippen molar-refractivity contribution < 1.29 is 14.3 Å². The molecule has 2 bridgehead atoms. The van der Waals surface area contributed by atoms with Gasteiger partial charge in [0.1, 0.15) is 0 Å². The lowest BCUT2D eigenvalue weighted by Crippen LogP contribution is -2.54. The molecule has 0 unspecified atom stereocenters. The van der Waals surface area contributed by atoms with Gasteiger partial charge < -0.3 is 9.47 Å². The number of ether oxygens (including phenoxy) is 2. The molecule has 0 saturated heterocycles. The van der Waals surface area contributed by atoms with Crippen molar-refractivity contribution in [3.8, 4) is 11.5 Å². The van der Waals surface area contributed by atoms with E-state index >= 15 is 0 Å². The molecule has 0 aromatic heterocycles. The summed E-state index contributed by atoms with van der Waals surface area (Å²) in [5.41, 5.74) is 3.96. The number of allylic oxidation sites excluding steroid dienone is 2. The highest BCUT2D eigenvalue weighted by molar-refractivity contribution is 6.05. The molecule has 1 aromatic carbocycles. The Hall–Kier alpha value is -1.77. The molecule has 3 nitrogen and oxygen atoms in total. The third kappa shape index (κ3) is 1.74. The Morgan fingerprint density at radius 1 is 1.08 bits per heavy atom. The minimum atomic E-state index is 0.109. The molecule has 0 amide bonds. The van der Waals surface area contributed by atoms with Crippen molar-refractivity contribution in [3.05, 3.63) is 34.9 Å². The van der Waals surface area contributed by atoms with Crippen LogP contribution in [0.2, 0.25) is 0 Å². The normalized spacial score (nSPS) is 36.6. The van der Waals surface area contributed by atoms with Crippen molar-refractivity contribution >= 4 is 5.78 Å². The average Bonchev–Trinajstić information content (AvgIpc) is 2.93. The van der Waals surface area contributed by atoms with Crippen LogP contribution < -0.4 is 9.47 Å². The first-order valence-electron chi connectivity index (χ1n) is 9.48. The summed E-state index contributed by atoms with van der Waals surface area (Å²) in [5, 5.41) is 0. The van der Waals surface area contributed by atoms with Crippen molar-refractivity contribution in [2.24, 2.45) is 29.1 Å². The van der Waals surface area contributed by atoms with Gasteiger partial charge in [-0.05, 0) is 54.6 Å². The summed E-state index contributed by atoms with van der Waals surface area (Å²) < 4.78 is 11.2. The number of Topliss-reactive ketones (excluding diaryl/α,β-unsaturated/α-hetero) is 1. The van der Waals surface area contributed by atoms with E-state index in [2.05, 4.69) is 19.9 Å². The number of carbonyl (C=O) groups is 1. The Morgan fingerprint density at radius 3 is 2.56 bits per heavy atom. The zero-order valence-electron chi connectivity index (χ0n) is 15.5. The molecule has 0 aliphatic heterocycles. The maximum atomic E-state index is 13.3. The first kappa shape index (κ1) is 15.5. The highest BCUT2D eigenvalue weighted by Crippen LogP contribution is 2.67. The summed E-state index contributed by atoms with van der Waals surface area (Å²) in [6.07, 6.45) is 5.92. The number of carbonyl (C=O) groups excluding carboxylic acids is 1. The van der Waals surface area contributed by atoms with E-state index in [0.29, 0.717) is 23.0 Å².